The van der Waals surface area contributed by atoms with Crippen molar-refractivity contribution in [2.75, 3.05) is 12.5 Å². The van der Waals surface area contributed by atoms with E-state index in [9.17, 15) is 0 Å². The van der Waals surface area contributed by atoms with Crippen LogP contribution in [-0.4, -0.2) is 12.5 Å². The highest BCUT2D eigenvalue weighted by molar-refractivity contribution is 6.17. The van der Waals surface area contributed by atoms with Gasteiger partial charge in [0.1, 0.15) is 5.75 Å². The number of halogens is 1. The number of ether oxygens (including phenoxy) is 1. The number of hydrogen-bond donors (Lipinski definition) is 0. The number of benzene rings is 1. The molecule has 0 N–H and O–H groups in total. The second-order valence-corrected chi connectivity index (χ2v) is 5.96. The maximum Gasteiger partial charge on any atom is 0.125 e. The van der Waals surface area contributed by atoms with Crippen molar-refractivity contribution in [3.63, 3.8) is 0 Å². The van der Waals surface area contributed by atoms with Gasteiger partial charge in [0.05, 0.1) is 6.61 Å². The predicted molar refractivity (Wildman–Crippen MR) is 80.0 cm³/mol. The molecule has 1 unspecified atom stereocenters. The average Bonchev–Trinajstić information content (AvgIpc) is 2.26. The molecule has 0 spiro atoms. The molecule has 1 aromatic carbocycles. The lowest BCUT2D eigenvalue weighted by Gasteiger charge is -2.20. The SMILES string of the molecule is Cc1cc(C)c(OCC(C)C)c(C(C)CCCl)c1. The molecule has 0 amide bonds. The first-order chi connectivity index (χ1) is 8.45. The molecular weight excluding hydrogens is 244 g/mol. The van der Waals surface area contributed by atoms with Gasteiger partial charge in [-0.1, -0.05) is 38.5 Å². The molecule has 0 aliphatic heterocycles. The van der Waals surface area contributed by atoms with Crippen LogP contribution in [-0.2, 0) is 0 Å². The summed E-state index contributed by atoms with van der Waals surface area (Å²) in [7, 11) is 0. The quantitative estimate of drug-likeness (QED) is 0.655. The fourth-order valence-electron chi connectivity index (χ4n) is 2.12. The van der Waals surface area contributed by atoms with Gasteiger partial charge in [0.2, 0.25) is 0 Å². The van der Waals surface area contributed by atoms with Crippen LogP contribution in [0.15, 0.2) is 12.1 Å². The maximum absolute atomic E-state index is 6.01. The second kappa shape index (κ2) is 7.04. The average molecular weight is 269 g/mol. The molecule has 2 heteroatoms. The lowest BCUT2D eigenvalue weighted by atomic mass is 9.93. The van der Waals surface area contributed by atoms with Crippen LogP contribution in [0.3, 0.4) is 0 Å². The fourth-order valence-corrected chi connectivity index (χ4v) is 2.45. The molecule has 0 fully saturated rings. The number of hydrogen-bond acceptors (Lipinski definition) is 1. The van der Waals surface area contributed by atoms with Gasteiger partial charge in [0.25, 0.3) is 0 Å². The molecule has 0 heterocycles. The highest BCUT2D eigenvalue weighted by Gasteiger charge is 2.15. The molecule has 0 aliphatic rings. The van der Waals surface area contributed by atoms with E-state index >= 15 is 0 Å². The van der Waals surface area contributed by atoms with Gasteiger partial charge >= 0.3 is 0 Å². The Morgan fingerprint density at radius 1 is 1.17 bits per heavy atom. The Labute approximate surface area is 116 Å². The standard InChI is InChI=1S/C16H25ClO/c1-11(2)10-18-16-14(5)8-12(3)9-15(16)13(4)6-7-17/h8-9,11,13H,6-7,10H2,1-5H3. The van der Waals surface area contributed by atoms with E-state index in [1.807, 2.05) is 0 Å². The van der Waals surface area contributed by atoms with Crippen LogP contribution in [0.1, 0.15) is 49.8 Å². The maximum atomic E-state index is 6.01. The molecule has 102 valence electrons. The summed E-state index contributed by atoms with van der Waals surface area (Å²) in [5, 5.41) is 0. The minimum Gasteiger partial charge on any atom is -0.493 e. The van der Waals surface area contributed by atoms with Crippen LogP contribution < -0.4 is 4.74 Å². The van der Waals surface area contributed by atoms with Crippen molar-refractivity contribution in [3.8, 4) is 5.75 Å². The first kappa shape index (κ1) is 15.4. The van der Waals surface area contributed by atoms with Crippen LogP contribution in [0.2, 0.25) is 0 Å². The molecule has 1 atom stereocenters. The summed E-state index contributed by atoms with van der Waals surface area (Å²) < 4.78 is 6.01. The summed E-state index contributed by atoms with van der Waals surface area (Å²) in [5.41, 5.74) is 3.82. The Morgan fingerprint density at radius 2 is 1.83 bits per heavy atom. The zero-order valence-electron chi connectivity index (χ0n) is 12.2. The summed E-state index contributed by atoms with van der Waals surface area (Å²) in [4.78, 5) is 0. The van der Waals surface area contributed by atoms with Gasteiger partial charge in [-0.05, 0) is 43.2 Å². The monoisotopic (exact) mass is 268 g/mol. The molecule has 0 aliphatic carbocycles. The molecule has 1 aromatic rings. The van der Waals surface area contributed by atoms with E-state index in [1.165, 1.54) is 16.7 Å². The molecule has 0 radical (unpaired) electrons. The summed E-state index contributed by atoms with van der Waals surface area (Å²) in [5.74, 6) is 2.75. The van der Waals surface area contributed by atoms with E-state index < -0.39 is 0 Å². The highest BCUT2D eigenvalue weighted by atomic mass is 35.5. The van der Waals surface area contributed by atoms with Crippen molar-refractivity contribution in [1.82, 2.24) is 0 Å². The molecule has 0 aromatic heterocycles. The van der Waals surface area contributed by atoms with E-state index in [2.05, 4.69) is 46.8 Å². The number of aryl methyl sites for hydroxylation is 2. The van der Waals surface area contributed by atoms with Crippen LogP contribution in [0.25, 0.3) is 0 Å². The van der Waals surface area contributed by atoms with Crippen molar-refractivity contribution in [3.05, 3.63) is 28.8 Å². The van der Waals surface area contributed by atoms with Gasteiger partial charge in [0.15, 0.2) is 0 Å². The fraction of sp³-hybridized carbons (Fsp3) is 0.625. The third-order valence-corrected chi connectivity index (χ3v) is 3.30. The van der Waals surface area contributed by atoms with Crippen LogP contribution in [0.4, 0.5) is 0 Å². The van der Waals surface area contributed by atoms with Gasteiger partial charge in [-0.15, -0.1) is 11.6 Å². The molecule has 18 heavy (non-hydrogen) atoms. The minimum absolute atomic E-state index is 0.447. The first-order valence-electron chi connectivity index (χ1n) is 6.75. The van der Waals surface area contributed by atoms with Gasteiger partial charge in [-0.3, -0.25) is 0 Å². The zero-order valence-corrected chi connectivity index (χ0v) is 13.0. The molecular formula is C16H25ClO. The summed E-state index contributed by atoms with van der Waals surface area (Å²) >= 11 is 5.86. The van der Waals surface area contributed by atoms with E-state index in [-0.39, 0.29) is 0 Å². The lowest BCUT2D eigenvalue weighted by Crippen LogP contribution is -2.09. The zero-order chi connectivity index (χ0) is 13.7. The van der Waals surface area contributed by atoms with Gasteiger partial charge in [0, 0.05) is 5.88 Å². The van der Waals surface area contributed by atoms with Crippen molar-refractivity contribution in [1.29, 1.82) is 0 Å². The number of rotatable bonds is 6. The highest BCUT2D eigenvalue weighted by Crippen LogP contribution is 2.33. The third kappa shape index (κ3) is 4.20. The Bertz CT molecular complexity index is 385. The van der Waals surface area contributed by atoms with Gasteiger partial charge < -0.3 is 4.74 Å². The van der Waals surface area contributed by atoms with Crippen LogP contribution in [0, 0.1) is 19.8 Å². The van der Waals surface area contributed by atoms with E-state index in [0.717, 1.165) is 18.8 Å². The topological polar surface area (TPSA) is 9.23 Å². The van der Waals surface area contributed by atoms with Crippen molar-refractivity contribution in [2.24, 2.45) is 5.92 Å². The first-order valence-corrected chi connectivity index (χ1v) is 7.29. The van der Waals surface area contributed by atoms with Crippen molar-refractivity contribution < 1.29 is 4.74 Å². The van der Waals surface area contributed by atoms with E-state index in [4.69, 9.17) is 16.3 Å². The molecule has 0 saturated heterocycles. The summed E-state index contributed by atoms with van der Waals surface area (Å²) in [6.07, 6.45) is 0.989. The smallest absolute Gasteiger partial charge is 0.125 e. The Kier molecular flexibility index (Phi) is 6.01. The van der Waals surface area contributed by atoms with E-state index in [0.29, 0.717) is 17.7 Å². The Morgan fingerprint density at radius 3 is 2.39 bits per heavy atom. The second-order valence-electron chi connectivity index (χ2n) is 5.58. The third-order valence-electron chi connectivity index (χ3n) is 3.08. The Balaban J connectivity index is 3.04. The summed E-state index contributed by atoms with van der Waals surface area (Å²) in [6.45, 7) is 11.6. The largest absolute Gasteiger partial charge is 0.493 e. The van der Waals surface area contributed by atoms with Crippen molar-refractivity contribution in [2.45, 2.75) is 47.0 Å². The van der Waals surface area contributed by atoms with Gasteiger partial charge in [-0.25, -0.2) is 0 Å². The normalized spacial score (nSPS) is 12.8. The molecule has 1 nitrogen and oxygen atoms in total. The summed E-state index contributed by atoms with van der Waals surface area (Å²) in [6, 6.07) is 4.42. The van der Waals surface area contributed by atoms with Gasteiger partial charge in [-0.2, -0.15) is 0 Å². The van der Waals surface area contributed by atoms with Crippen LogP contribution >= 0.6 is 11.6 Å². The minimum atomic E-state index is 0.447. The van der Waals surface area contributed by atoms with Crippen molar-refractivity contribution >= 4 is 11.6 Å². The van der Waals surface area contributed by atoms with Crippen LogP contribution in [0.5, 0.6) is 5.75 Å². The predicted octanol–water partition coefficient (Wildman–Crippen LogP) is 5.07. The molecule has 1 rings (SSSR count). The molecule has 0 bridgehead atoms. The lowest BCUT2D eigenvalue weighted by molar-refractivity contribution is 0.265. The van der Waals surface area contributed by atoms with E-state index in [1.54, 1.807) is 0 Å². The Hall–Kier alpha value is -0.690. The number of alkyl halides is 1. The molecule has 0 saturated carbocycles.